The molecule has 104 valence electrons. The molecule has 0 atom stereocenters. The molecule has 0 fully saturated rings. The molecule has 20 heavy (non-hydrogen) atoms. The average molecular weight is 282 g/mol. The number of primary amides is 1. The Labute approximate surface area is 112 Å². The Kier molecular flexibility index (Phi) is 3.60. The van der Waals surface area contributed by atoms with E-state index in [1.807, 2.05) is 0 Å². The van der Waals surface area contributed by atoms with Gasteiger partial charge < -0.3 is 10.5 Å². The second kappa shape index (κ2) is 5.20. The third kappa shape index (κ3) is 3.25. The van der Waals surface area contributed by atoms with E-state index in [9.17, 15) is 18.0 Å². The maximum absolute atomic E-state index is 12.3. The van der Waals surface area contributed by atoms with Crippen molar-refractivity contribution < 1.29 is 22.7 Å². The number of hydrogen-bond donors (Lipinski definition) is 1. The van der Waals surface area contributed by atoms with E-state index < -0.39 is 17.6 Å². The molecule has 2 N–H and O–H groups in total. The summed E-state index contributed by atoms with van der Waals surface area (Å²) in [6.07, 6.45) is -3.75. The predicted molar refractivity (Wildman–Crippen MR) is 64.3 cm³/mol. The third-order valence-corrected chi connectivity index (χ3v) is 2.42. The first-order chi connectivity index (χ1) is 9.36. The molecular weight excluding hydrogens is 273 g/mol. The molecule has 1 heterocycles. The number of amides is 1. The molecular formula is C13H9F3N2O2. The van der Waals surface area contributed by atoms with Crippen LogP contribution >= 0.6 is 0 Å². The topological polar surface area (TPSA) is 65.2 Å². The van der Waals surface area contributed by atoms with E-state index in [0.29, 0.717) is 17.5 Å². The number of rotatable bonds is 3. The summed E-state index contributed by atoms with van der Waals surface area (Å²) in [5.74, 6) is -0.226. The number of alkyl halides is 3. The summed E-state index contributed by atoms with van der Waals surface area (Å²) in [5, 5.41) is 0. The molecule has 0 saturated carbocycles. The largest absolute Gasteiger partial charge is 0.439 e. The van der Waals surface area contributed by atoms with Gasteiger partial charge in [-0.15, -0.1) is 0 Å². The fourth-order valence-corrected chi connectivity index (χ4v) is 1.42. The van der Waals surface area contributed by atoms with Gasteiger partial charge in [0.2, 0.25) is 11.8 Å². The lowest BCUT2D eigenvalue weighted by Crippen LogP contribution is -2.10. The van der Waals surface area contributed by atoms with Crippen LogP contribution in [0.1, 0.15) is 15.9 Å². The molecule has 0 bridgehead atoms. The number of pyridine rings is 1. The van der Waals surface area contributed by atoms with Crippen molar-refractivity contribution in [3.8, 4) is 11.6 Å². The zero-order valence-electron chi connectivity index (χ0n) is 10.0. The summed E-state index contributed by atoms with van der Waals surface area (Å²) in [6, 6.07) is 7.83. The first kappa shape index (κ1) is 13.9. The van der Waals surface area contributed by atoms with Crippen molar-refractivity contribution in [1.29, 1.82) is 0 Å². The second-order valence-electron chi connectivity index (χ2n) is 3.87. The third-order valence-electron chi connectivity index (χ3n) is 2.42. The maximum Gasteiger partial charge on any atom is 0.417 e. The van der Waals surface area contributed by atoms with E-state index in [-0.39, 0.29) is 5.88 Å². The van der Waals surface area contributed by atoms with Crippen LogP contribution in [0.25, 0.3) is 0 Å². The van der Waals surface area contributed by atoms with Crippen LogP contribution in [-0.2, 0) is 6.18 Å². The average Bonchev–Trinajstić information content (AvgIpc) is 2.39. The zero-order chi connectivity index (χ0) is 14.8. The van der Waals surface area contributed by atoms with E-state index in [1.54, 1.807) is 0 Å². The van der Waals surface area contributed by atoms with Crippen molar-refractivity contribution in [2.75, 3.05) is 0 Å². The number of carbonyl (C=O) groups is 1. The van der Waals surface area contributed by atoms with Gasteiger partial charge in [0, 0.05) is 17.8 Å². The quantitative estimate of drug-likeness (QED) is 0.941. The smallest absolute Gasteiger partial charge is 0.417 e. The molecule has 0 unspecified atom stereocenters. The Bertz CT molecular complexity index is 607. The molecule has 0 radical (unpaired) electrons. The van der Waals surface area contributed by atoms with Crippen LogP contribution in [0.3, 0.4) is 0 Å². The highest BCUT2D eigenvalue weighted by Gasteiger charge is 2.30. The standard InChI is InChI=1S/C13H9F3N2O2/c14-13(15,16)9-3-6-11(18-7-9)20-10-4-1-8(2-5-10)12(17)19/h1-7H,(H2,17,19). The molecule has 0 aliphatic carbocycles. The summed E-state index contributed by atoms with van der Waals surface area (Å²) in [6.45, 7) is 0. The monoisotopic (exact) mass is 282 g/mol. The SMILES string of the molecule is NC(=O)c1ccc(Oc2ccc(C(F)(F)F)cn2)cc1. The Balaban J connectivity index is 2.12. The summed E-state index contributed by atoms with van der Waals surface area (Å²) in [4.78, 5) is 14.4. The van der Waals surface area contributed by atoms with Crippen molar-refractivity contribution in [3.63, 3.8) is 0 Å². The molecule has 0 aliphatic rings. The van der Waals surface area contributed by atoms with E-state index in [0.717, 1.165) is 12.1 Å². The fraction of sp³-hybridized carbons (Fsp3) is 0.0769. The van der Waals surface area contributed by atoms with Gasteiger partial charge in [-0.05, 0) is 30.3 Å². The maximum atomic E-state index is 12.3. The van der Waals surface area contributed by atoms with Crippen LogP contribution in [-0.4, -0.2) is 10.9 Å². The molecule has 7 heteroatoms. The number of benzene rings is 1. The van der Waals surface area contributed by atoms with Gasteiger partial charge in [0.15, 0.2) is 0 Å². The van der Waals surface area contributed by atoms with Gasteiger partial charge in [-0.25, -0.2) is 4.98 Å². The Morgan fingerprint density at radius 3 is 2.20 bits per heavy atom. The molecule has 1 aromatic carbocycles. The lowest BCUT2D eigenvalue weighted by molar-refractivity contribution is -0.137. The number of ether oxygens (including phenoxy) is 1. The van der Waals surface area contributed by atoms with Gasteiger partial charge in [-0.3, -0.25) is 4.79 Å². The summed E-state index contributed by atoms with van der Waals surface area (Å²) >= 11 is 0. The molecule has 0 saturated heterocycles. The van der Waals surface area contributed by atoms with Gasteiger partial charge in [0.1, 0.15) is 5.75 Å². The van der Waals surface area contributed by atoms with Crippen molar-refractivity contribution in [2.24, 2.45) is 5.73 Å². The van der Waals surface area contributed by atoms with Crippen LogP contribution < -0.4 is 10.5 Å². The van der Waals surface area contributed by atoms with Crippen molar-refractivity contribution in [3.05, 3.63) is 53.7 Å². The lowest BCUT2D eigenvalue weighted by atomic mass is 10.2. The van der Waals surface area contributed by atoms with Gasteiger partial charge >= 0.3 is 6.18 Å². The second-order valence-corrected chi connectivity index (χ2v) is 3.87. The zero-order valence-corrected chi connectivity index (χ0v) is 10.0. The molecule has 1 aromatic heterocycles. The minimum atomic E-state index is -4.44. The Morgan fingerprint density at radius 1 is 1.10 bits per heavy atom. The van der Waals surface area contributed by atoms with Crippen LogP contribution in [0, 0.1) is 0 Å². The summed E-state index contributed by atoms with van der Waals surface area (Å²) in [7, 11) is 0. The van der Waals surface area contributed by atoms with Crippen molar-refractivity contribution in [1.82, 2.24) is 4.98 Å². The molecule has 2 rings (SSSR count). The highest BCUT2D eigenvalue weighted by atomic mass is 19.4. The fourth-order valence-electron chi connectivity index (χ4n) is 1.42. The number of nitrogens with two attached hydrogens (primary N) is 1. The van der Waals surface area contributed by atoms with Gasteiger partial charge in [-0.2, -0.15) is 13.2 Å². The molecule has 1 amide bonds. The van der Waals surface area contributed by atoms with Crippen LogP contribution in [0.15, 0.2) is 42.6 Å². The number of carbonyl (C=O) groups excluding carboxylic acids is 1. The Morgan fingerprint density at radius 2 is 1.75 bits per heavy atom. The molecule has 2 aromatic rings. The minimum Gasteiger partial charge on any atom is -0.439 e. The van der Waals surface area contributed by atoms with Crippen LogP contribution in [0.2, 0.25) is 0 Å². The van der Waals surface area contributed by atoms with Gasteiger partial charge in [0.25, 0.3) is 0 Å². The lowest BCUT2D eigenvalue weighted by Gasteiger charge is -2.08. The van der Waals surface area contributed by atoms with E-state index >= 15 is 0 Å². The van der Waals surface area contributed by atoms with Gasteiger partial charge in [-0.1, -0.05) is 0 Å². The normalized spacial score (nSPS) is 11.2. The highest BCUT2D eigenvalue weighted by Crippen LogP contribution is 2.30. The number of hydrogen-bond acceptors (Lipinski definition) is 3. The molecule has 0 spiro atoms. The molecule has 0 aliphatic heterocycles. The highest BCUT2D eigenvalue weighted by molar-refractivity contribution is 5.92. The number of aromatic nitrogens is 1. The molecule has 4 nitrogen and oxygen atoms in total. The van der Waals surface area contributed by atoms with Crippen LogP contribution in [0.5, 0.6) is 11.6 Å². The van der Waals surface area contributed by atoms with Crippen molar-refractivity contribution >= 4 is 5.91 Å². The Hall–Kier alpha value is -2.57. The van der Waals surface area contributed by atoms with E-state index in [4.69, 9.17) is 10.5 Å². The summed E-state index contributed by atoms with van der Waals surface area (Å²) < 4.78 is 42.3. The van der Waals surface area contributed by atoms with Crippen molar-refractivity contribution in [2.45, 2.75) is 6.18 Å². The number of nitrogens with zero attached hydrogens (tertiary/aromatic N) is 1. The van der Waals surface area contributed by atoms with Crippen LogP contribution in [0.4, 0.5) is 13.2 Å². The minimum absolute atomic E-state index is 0.0184. The first-order valence-electron chi connectivity index (χ1n) is 5.47. The summed E-state index contributed by atoms with van der Waals surface area (Å²) in [5.41, 5.74) is 4.53. The van der Waals surface area contributed by atoms with E-state index in [2.05, 4.69) is 4.98 Å². The number of halogens is 3. The van der Waals surface area contributed by atoms with E-state index in [1.165, 1.54) is 24.3 Å². The predicted octanol–water partition coefficient (Wildman–Crippen LogP) is 2.99. The first-order valence-corrected chi connectivity index (χ1v) is 5.47. The van der Waals surface area contributed by atoms with Gasteiger partial charge in [0.05, 0.1) is 5.56 Å².